The predicted molar refractivity (Wildman–Crippen MR) is 71.9 cm³/mol. The first-order chi connectivity index (χ1) is 8.85. The van der Waals surface area contributed by atoms with Crippen LogP contribution in [-0.2, 0) is 14.9 Å². The molecule has 0 aromatic carbocycles. The van der Waals surface area contributed by atoms with Gasteiger partial charge in [0.15, 0.2) is 0 Å². The third kappa shape index (κ3) is 5.33. The highest BCUT2D eigenvalue weighted by atomic mass is 32.2. The Hall–Kier alpha value is -0.860. The molecule has 1 amide bonds. The van der Waals surface area contributed by atoms with Crippen LogP contribution < -0.4 is 10.0 Å². The summed E-state index contributed by atoms with van der Waals surface area (Å²) in [6.07, 6.45) is 0.632. The molecule has 8 heteroatoms. The number of methoxy groups -OCH3 is 1. The van der Waals surface area contributed by atoms with E-state index < -0.39 is 16.3 Å². The summed E-state index contributed by atoms with van der Waals surface area (Å²) < 4.78 is 31.1. The molecule has 19 heavy (non-hydrogen) atoms. The van der Waals surface area contributed by atoms with Gasteiger partial charge in [0.2, 0.25) is 0 Å². The topological polar surface area (TPSA) is 87.7 Å². The maximum absolute atomic E-state index is 11.8. The number of hydrogen-bond donors (Lipinski definition) is 2. The molecule has 1 rings (SSSR count). The van der Waals surface area contributed by atoms with Crippen molar-refractivity contribution in [3.05, 3.63) is 0 Å². The van der Waals surface area contributed by atoms with Crippen LogP contribution in [0.2, 0.25) is 0 Å². The van der Waals surface area contributed by atoms with Gasteiger partial charge in [-0.2, -0.15) is 12.7 Å². The monoisotopic (exact) mass is 293 g/mol. The Morgan fingerprint density at radius 2 is 1.95 bits per heavy atom. The van der Waals surface area contributed by atoms with Crippen molar-refractivity contribution in [1.82, 2.24) is 14.3 Å². The third-order valence-electron chi connectivity index (χ3n) is 3.13. The van der Waals surface area contributed by atoms with E-state index in [4.69, 9.17) is 0 Å². The van der Waals surface area contributed by atoms with E-state index in [1.54, 1.807) is 0 Å². The van der Waals surface area contributed by atoms with Crippen molar-refractivity contribution in [2.24, 2.45) is 5.92 Å². The molecular formula is C11H23N3O4S. The van der Waals surface area contributed by atoms with E-state index in [1.807, 2.05) is 4.72 Å². The average Bonchev–Trinajstić information content (AvgIpc) is 2.36. The first kappa shape index (κ1) is 16.2. The number of nitrogens with zero attached hydrogens (tertiary/aromatic N) is 1. The van der Waals surface area contributed by atoms with Gasteiger partial charge in [-0.25, -0.2) is 9.52 Å². The number of piperidine rings is 1. The average molecular weight is 293 g/mol. The second-order valence-corrected chi connectivity index (χ2v) is 6.67. The third-order valence-corrected chi connectivity index (χ3v) is 4.60. The summed E-state index contributed by atoms with van der Waals surface area (Å²) in [5.41, 5.74) is 0. The smallest absolute Gasteiger partial charge is 0.421 e. The van der Waals surface area contributed by atoms with Crippen molar-refractivity contribution in [2.75, 3.05) is 26.7 Å². The van der Waals surface area contributed by atoms with Gasteiger partial charge in [-0.3, -0.25) is 0 Å². The summed E-state index contributed by atoms with van der Waals surface area (Å²) in [5, 5.41) is 3.35. The van der Waals surface area contributed by atoms with Crippen LogP contribution in [0, 0.1) is 5.92 Å². The first-order valence-electron chi connectivity index (χ1n) is 6.44. The van der Waals surface area contributed by atoms with Gasteiger partial charge in [-0.1, -0.05) is 13.8 Å². The SMILES string of the molecule is COC(=O)NS(=O)(=O)N1CCC(CNC(C)C)CC1. The van der Waals surface area contributed by atoms with E-state index in [9.17, 15) is 13.2 Å². The Balaban J connectivity index is 2.42. The highest BCUT2D eigenvalue weighted by Crippen LogP contribution is 2.18. The molecule has 1 fully saturated rings. The van der Waals surface area contributed by atoms with E-state index in [1.165, 1.54) is 4.31 Å². The molecule has 1 aliphatic heterocycles. The number of carbonyl (C=O) groups is 1. The standard InChI is InChI=1S/C11H23N3O4S/c1-9(2)12-8-10-4-6-14(7-5-10)19(16,17)13-11(15)18-3/h9-10,12H,4-8H2,1-3H3,(H,13,15). The Morgan fingerprint density at radius 3 is 2.42 bits per heavy atom. The van der Waals surface area contributed by atoms with Gasteiger partial charge in [-0.15, -0.1) is 0 Å². The fourth-order valence-electron chi connectivity index (χ4n) is 1.97. The molecule has 7 nitrogen and oxygen atoms in total. The van der Waals surface area contributed by atoms with Crippen LogP contribution in [0.25, 0.3) is 0 Å². The molecule has 0 aliphatic carbocycles. The number of carbonyl (C=O) groups excluding carboxylic acids is 1. The lowest BCUT2D eigenvalue weighted by molar-refractivity contribution is 0.176. The van der Waals surface area contributed by atoms with Crippen LogP contribution in [0.1, 0.15) is 26.7 Å². The van der Waals surface area contributed by atoms with E-state index in [0.29, 0.717) is 25.0 Å². The van der Waals surface area contributed by atoms with Crippen molar-refractivity contribution < 1.29 is 17.9 Å². The summed E-state index contributed by atoms with van der Waals surface area (Å²) in [7, 11) is -2.63. The zero-order valence-electron chi connectivity index (χ0n) is 11.7. The lowest BCUT2D eigenvalue weighted by Crippen LogP contribution is -2.48. The molecule has 0 saturated carbocycles. The minimum atomic E-state index is -3.76. The zero-order chi connectivity index (χ0) is 14.5. The Kier molecular flexibility index (Phi) is 6.02. The molecule has 0 spiro atoms. The van der Waals surface area contributed by atoms with Gasteiger partial charge >= 0.3 is 16.3 Å². The number of hydrogen-bond acceptors (Lipinski definition) is 5. The maximum Gasteiger partial charge on any atom is 0.421 e. The minimum absolute atomic E-state index is 0.427. The van der Waals surface area contributed by atoms with Crippen LogP contribution in [-0.4, -0.2) is 51.6 Å². The van der Waals surface area contributed by atoms with Gasteiger partial charge in [0.05, 0.1) is 7.11 Å². The van der Waals surface area contributed by atoms with E-state index >= 15 is 0 Å². The second-order valence-electron chi connectivity index (χ2n) is 5.00. The molecule has 112 valence electrons. The fourth-order valence-corrected chi connectivity index (χ4v) is 3.08. The number of nitrogens with one attached hydrogen (secondary N) is 2. The molecule has 0 aromatic rings. The van der Waals surface area contributed by atoms with Gasteiger partial charge < -0.3 is 10.1 Å². The summed E-state index contributed by atoms with van der Waals surface area (Å²) >= 11 is 0. The normalized spacial score (nSPS) is 18.5. The van der Waals surface area contributed by atoms with E-state index in [-0.39, 0.29) is 0 Å². The van der Waals surface area contributed by atoms with Gasteiger partial charge in [0.1, 0.15) is 0 Å². The van der Waals surface area contributed by atoms with Crippen molar-refractivity contribution >= 4 is 16.3 Å². The lowest BCUT2D eigenvalue weighted by atomic mass is 9.98. The van der Waals surface area contributed by atoms with Crippen LogP contribution in [0.3, 0.4) is 0 Å². The molecule has 0 aromatic heterocycles. The van der Waals surface area contributed by atoms with Gasteiger partial charge in [-0.05, 0) is 25.3 Å². The van der Waals surface area contributed by atoms with Gasteiger partial charge in [0, 0.05) is 19.1 Å². The largest absolute Gasteiger partial charge is 0.452 e. The summed E-state index contributed by atoms with van der Waals surface area (Å²) in [6, 6.07) is 0.433. The zero-order valence-corrected chi connectivity index (χ0v) is 12.5. The minimum Gasteiger partial charge on any atom is -0.452 e. The number of rotatable bonds is 5. The summed E-state index contributed by atoms with van der Waals surface area (Å²) in [6.45, 7) is 5.92. The van der Waals surface area contributed by atoms with E-state index in [2.05, 4.69) is 23.9 Å². The Labute approximate surface area is 114 Å². The second kappa shape index (κ2) is 7.06. The Morgan fingerprint density at radius 1 is 1.37 bits per heavy atom. The molecule has 0 atom stereocenters. The number of amides is 1. The highest BCUT2D eigenvalue weighted by Gasteiger charge is 2.29. The number of ether oxygens (including phenoxy) is 1. The molecule has 0 unspecified atom stereocenters. The molecule has 0 bridgehead atoms. The quantitative estimate of drug-likeness (QED) is 0.761. The Bertz CT molecular complexity index is 389. The maximum atomic E-state index is 11.8. The molecule has 1 heterocycles. The molecule has 0 radical (unpaired) electrons. The van der Waals surface area contributed by atoms with Crippen LogP contribution >= 0.6 is 0 Å². The fraction of sp³-hybridized carbons (Fsp3) is 0.909. The van der Waals surface area contributed by atoms with Crippen LogP contribution in [0.5, 0.6) is 0 Å². The summed E-state index contributed by atoms with van der Waals surface area (Å²) in [5.74, 6) is 0.479. The first-order valence-corrected chi connectivity index (χ1v) is 7.88. The molecule has 1 aliphatic rings. The van der Waals surface area contributed by atoms with Crippen molar-refractivity contribution in [1.29, 1.82) is 0 Å². The van der Waals surface area contributed by atoms with Crippen molar-refractivity contribution in [3.63, 3.8) is 0 Å². The highest BCUT2D eigenvalue weighted by molar-refractivity contribution is 7.87. The lowest BCUT2D eigenvalue weighted by Gasteiger charge is -2.31. The van der Waals surface area contributed by atoms with Crippen molar-refractivity contribution in [3.8, 4) is 0 Å². The van der Waals surface area contributed by atoms with Crippen LogP contribution in [0.4, 0.5) is 4.79 Å². The predicted octanol–water partition coefficient (Wildman–Crippen LogP) is 0.297. The van der Waals surface area contributed by atoms with Crippen LogP contribution in [0.15, 0.2) is 0 Å². The molecule has 1 saturated heterocycles. The summed E-state index contributed by atoms with van der Waals surface area (Å²) in [4.78, 5) is 11.0. The van der Waals surface area contributed by atoms with E-state index in [0.717, 1.165) is 26.5 Å². The van der Waals surface area contributed by atoms with Gasteiger partial charge in [0.25, 0.3) is 0 Å². The molecular weight excluding hydrogens is 270 g/mol. The molecule has 2 N–H and O–H groups in total. The van der Waals surface area contributed by atoms with Crippen molar-refractivity contribution in [2.45, 2.75) is 32.7 Å².